The third-order valence-electron chi connectivity index (χ3n) is 2.20. The van der Waals surface area contributed by atoms with Gasteiger partial charge in [0.25, 0.3) is 0 Å². The average molecular weight is 183 g/mol. The van der Waals surface area contributed by atoms with Crippen LogP contribution in [0.2, 0.25) is 0 Å². The Balaban J connectivity index is 2.08. The molecule has 5 heteroatoms. The lowest BCUT2D eigenvalue weighted by Gasteiger charge is -1.98. The van der Waals surface area contributed by atoms with Gasteiger partial charge in [0, 0.05) is 0 Å². The molecule has 0 aliphatic carbocycles. The molecule has 0 spiro atoms. The van der Waals surface area contributed by atoms with Crippen molar-refractivity contribution in [1.82, 2.24) is 10.2 Å². The van der Waals surface area contributed by atoms with Crippen LogP contribution in [0.4, 0.5) is 0 Å². The van der Waals surface area contributed by atoms with Crippen LogP contribution in [-0.4, -0.2) is 22.9 Å². The van der Waals surface area contributed by atoms with Gasteiger partial charge < -0.3 is 14.9 Å². The molecule has 1 aliphatic heterocycles. The summed E-state index contributed by atoms with van der Waals surface area (Å²) >= 11 is 0. The van der Waals surface area contributed by atoms with Gasteiger partial charge in [0.15, 0.2) is 0 Å². The Bertz CT molecular complexity index is 287. The van der Waals surface area contributed by atoms with Crippen molar-refractivity contribution in [3.63, 3.8) is 0 Å². The van der Waals surface area contributed by atoms with Crippen molar-refractivity contribution in [3.05, 3.63) is 11.8 Å². The van der Waals surface area contributed by atoms with Crippen LogP contribution >= 0.6 is 0 Å². The molecule has 72 valence electrons. The van der Waals surface area contributed by atoms with Gasteiger partial charge in [0.05, 0.1) is 25.2 Å². The molecule has 2 unspecified atom stereocenters. The number of aromatic nitrogens is 2. The highest BCUT2D eigenvalue weighted by Crippen LogP contribution is 2.27. The smallest absolute Gasteiger partial charge is 0.230 e. The SMILES string of the molecule is CC1CC(c2nnc(CN)o2)CO1. The van der Waals surface area contributed by atoms with Crippen LogP contribution in [0, 0.1) is 0 Å². The normalized spacial score (nSPS) is 28.2. The maximum atomic E-state index is 5.40. The van der Waals surface area contributed by atoms with Crippen molar-refractivity contribution in [3.8, 4) is 0 Å². The second-order valence-electron chi connectivity index (χ2n) is 3.31. The van der Waals surface area contributed by atoms with E-state index in [1.165, 1.54) is 0 Å². The summed E-state index contributed by atoms with van der Waals surface area (Å²) in [6, 6.07) is 0. The molecule has 1 aromatic rings. The summed E-state index contributed by atoms with van der Waals surface area (Å²) in [4.78, 5) is 0. The van der Waals surface area contributed by atoms with E-state index in [9.17, 15) is 0 Å². The van der Waals surface area contributed by atoms with Gasteiger partial charge in [-0.2, -0.15) is 0 Å². The van der Waals surface area contributed by atoms with E-state index in [0.717, 1.165) is 6.42 Å². The summed E-state index contributed by atoms with van der Waals surface area (Å²) in [6.07, 6.45) is 1.24. The largest absolute Gasteiger partial charge is 0.423 e. The molecule has 2 atom stereocenters. The van der Waals surface area contributed by atoms with Crippen molar-refractivity contribution in [1.29, 1.82) is 0 Å². The van der Waals surface area contributed by atoms with Crippen molar-refractivity contribution in [2.24, 2.45) is 5.73 Å². The van der Waals surface area contributed by atoms with Crippen LogP contribution in [0.3, 0.4) is 0 Å². The first-order chi connectivity index (χ1) is 6.29. The topological polar surface area (TPSA) is 74.2 Å². The summed E-state index contributed by atoms with van der Waals surface area (Å²) in [5, 5.41) is 7.73. The lowest BCUT2D eigenvalue weighted by atomic mass is 10.1. The summed E-state index contributed by atoms with van der Waals surface area (Å²) in [5.41, 5.74) is 5.36. The molecule has 0 radical (unpaired) electrons. The zero-order valence-electron chi connectivity index (χ0n) is 7.56. The van der Waals surface area contributed by atoms with Crippen LogP contribution in [0.5, 0.6) is 0 Å². The molecule has 0 saturated carbocycles. The molecule has 1 fully saturated rings. The summed E-state index contributed by atoms with van der Waals surface area (Å²) in [5.74, 6) is 1.40. The minimum Gasteiger partial charge on any atom is -0.423 e. The molecular formula is C8H13N3O2. The molecule has 1 aromatic heterocycles. The van der Waals surface area contributed by atoms with Gasteiger partial charge in [-0.1, -0.05) is 0 Å². The van der Waals surface area contributed by atoms with E-state index in [1.807, 2.05) is 6.92 Å². The Labute approximate surface area is 76.3 Å². The monoisotopic (exact) mass is 183 g/mol. The Hall–Kier alpha value is -0.940. The highest BCUT2D eigenvalue weighted by Gasteiger charge is 2.27. The predicted molar refractivity (Wildman–Crippen MR) is 45.0 cm³/mol. The van der Waals surface area contributed by atoms with Gasteiger partial charge in [-0.05, 0) is 13.3 Å². The number of rotatable bonds is 2. The molecule has 0 amide bonds. The zero-order valence-corrected chi connectivity index (χ0v) is 7.56. The molecule has 2 heterocycles. The van der Waals surface area contributed by atoms with Crippen LogP contribution in [0.1, 0.15) is 31.0 Å². The van der Waals surface area contributed by atoms with E-state index >= 15 is 0 Å². The van der Waals surface area contributed by atoms with E-state index in [-0.39, 0.29) is 5.92 Å². The van der Waals surface area contributed by atoms with Crippen molar-refractivity contribution in [2.75, 3.05) is 6.61 Å². The minimum atomic E-state index is 0.253. The standard InChI is InChI=1S/C8H13N3O2/c1-5-2-6(4-12-5)8-11-10-7(3-9)13-8/h5-6H,2-4,9H2,1H3. The van der Waals surface area contributed by atoms with Gasteiger partial charge in [-0.25, -0.2) is 0 Å². The van der Waals surface area contributed by atoms with Crippen LogP contribution in [0.15, 0.2) is 4.42 Å². The Morgan fingerprint density at radius 1 is 1.54 bits per heavy atom. The van der Waals surface area contributed by atoms with E-state index in [1.54, 1.807) is 0 Å². The van der Waals surface area contributed by atoms with Crippen LogP contribution in [0.25, 0.3) is 0 Å². The second kappa shape index (κ2) is 3.43. The number of ether oxygens (including phenoxy) is 1. The summed E-state index contributed by atoms with van der Waals surface area (Å²) in [6.45, 7) is 3.02. The van der Waals surface area contributed by atoms with E-state index in [2.05, 4.69) is 10.2 Å². The maximum Gasteiger partial charge on any atom is 0.230 e. The molecule has 0 bridgehead atoms. The van der Waals surface area contributed by atoms with E-state index in [4.69, 9.17) is 14.9 Å². The Morgan fingerprint density at radius 2 is 2.38 bits per heavy atom. The highest BCUT2D eigenvalue weighted by molar-refractivity contribution is 4.95. The molecular weight excluding hydrogens is 170 g/mol. The van der Waals surface area contributed by atoms with Gasteiger partial charge in [0.2, 0.25) is 11.8 Å². The number of hydrogen-bond acceptors (Lipinski definition) is 5. The molecule has 2 rings (SSSR count). The molecule has 0 aromatic carbocycles. The second-order valence-corrected chi connectivity index (χ2v) is 3.31. The lowest BCUT2D eigenvalue weighted by Crippen LogP contribution is -1.98. The van der Waals surface area contributed by atoms with Gasteiger partial charge in [-0.3, -0.25) is 0 Å². The van der Waals surface area contributed by atoms with Crippen molar-refractivity contribution < 1.29 is 9.15 Å². The highest BCUT2D eigenvalue weighted by atomic mass is 16.5. The van der Waals surface area contributed by atoms with Gasteiger partial charge in [-0.15, -0.1) is 10.2 Å². The first-order valence-corrected chi connectivity index (χ1v) is 4.43. The van der Waals surface area contributed by atoms with Gasteiger partial charge in [0.1, 0.15) is 0 Å². The third-order valence-corrected chi connectivity index (χ3v) is 2.20. The molecule has 1 saturated heterocycles. The molecule has 5 nitrogen and oxygen atoms in total. The fraction of sp³-hybridized carbons (Fsp3) is 0.750. The zero-order chi connectivity index (χ0) is 9.26. The van der Waals surface area contributed by atoms with Crippen molar-refractivity contribution in [2.45, 2.75) is 31.9 Å². The summed E-state index contributed by atoms with van der Waals surface area (Å²) in [7, 11) is 0. The third kappa shape index (κ3) is 1.71. The number of nitrogens with zero attached hydrogens (tertiary/aromatic N) is 2. The maximum absolute atomic E-state index is 5.40. The molecule has 2 N–H and O–H groups in total. The van der Waals surface area contributed by atoms with E-state index < -0.39 is 0 Å². The quantitative estimate of drug-likeness (QED) is 0.719. The average Bonchev–Trinajstić information content (AvgIpc) is 2.71. The number of hydrogen-bond donors (Lipinski definition) is 1. The van der Waals surface area contributed by atoms with Crippen LogP contribution < -0.4 is 5.73 Å². The molecule has 13 heavy (non-hydrogen) atoms. The van der Waals surface area contributed by atoms with Crippen LogP contribution in [-0.2, 0) is 11.3 Å². The summed E-state index contributed by atoms with van der Waals surface area (Å²) < 4.78 is 10.7. The van der Waals surface area contributed by atoms with Crippen molar-refractivity contribution >= 4 is 0 Å². The first-order valence-electron chi connectivity index (χ1n) is 4.43. The molecule has 1 aliphatic rings. The van der Waals surface area contributed by atoms with E-state index in [0.29, 0.717) is 31.0 Å². The number of nitrogens with two attached hydrogens (primary N) is 1. The Morgan fingerprint density at radius 3 is 2.92 bits per heavy atom. The lowest BCUT2D eigenvalue weighted by molar-refractivity contribution is 0.122. The Kier molecular flexibility index (Phi) is 2.28. The minimum absolute atomic E-state index is 0.253. The van der Waals surface area contributed by atoms with Gasteiger partial charge >= 0.3 is 0 Å². The fourth-order valence-electron chi connectivity index (χ4n) is 1.50. The predicted octanol–water partition coefficient (Wildman–Crippen LogP) is 0.421. The first kappa shape index (κ1) is 8.65. The fourth-order valence-corrected chi connectivity index (χ4v) is 1.50.